The Labute approximate surface area is 138 Å². The lowest BCUT2D eigenvalue weighted by molar-refractivity contribution is -0.120. The Kier molecular flexibility index (Phi) is 4.91. The number of allylic oxidation sites excluding steroid dienone is 1. The zero-order valence-corrected chi connectivity index (χ0v) is 15.3. The molecule has 3 heteroatoms. The van der Waals surface area contributed by atoms with Gasteiger partial charge in [0.25, 0.3) is 0 Å². The van der Waals surface area contributed by atoms with Crippen molar-refractivity contribution in [3.8, 4) is 0 Å². The maximum atomic E-state index is 12.8. The monoisotopic (exact) mass is 398 g/mol. The van der Waals surface area contributed by atoms with Gasteiger partial charge in [0, 0.05) is 10.0 Å². The number of hydrogen-bond donors (Lipinski definition) is 0. The van der Waals surface area contributed by atoms with E-state index in [1.54, 1.807) is 0 Å². The molecule has 20 heavy (non-hydrogen) atoms. The summed E-state index contributed by atoms with van der Waals surface area (Å²) in [5, 5.41) is 0. The highest BCUT2D eigenvalue weighted by Crippen LogP contribution is 2.44. The molecule has 1 saturated carbocycles. The van der Waals surface area contributed by atoms with Crippen molar-refractivity contribution in [2.45, 2.75) is 37.9 Å². The van der Waals surface area contributed by atoms with Gasteiger partial charge in [-0.15, -0.1) is 0 Å². The van der Waals surface area contributed by atoms with Crippen molar-refractivity contribution in [1.29, 1.82) is 0 Å². The van der Waals surface area contributed by atoms with Gasteiger partial charge in [-0.25, -0.2) is 0 Å². The smallest absolute Gasteiger partial charge is 0.176 e. The Morgan fingerprint density at radius 1 is 1.30 bits per heavy atom. The average molecular weight is 400 g/mol. The summed E-state index contributed by atoms with van der Waals surface area (Å²) < 4.78 is 0.667. The average Bonchev–Trinajstić information content (AvgIpc) is 2.41. The van der Waals surface area contributed by atoms with Gasteiger partial charge in [-0.3, -0.25) is 4.79 Å². The molecule has 0 spiro atoms. The standard InChI is InChI=1S/C17H20Br2O/c1-11(2)17(19)9-8-12(3)15(16(17)20)10-13-4-6-14(18)7-5-13/h4-7,10-12H,8-9H2,1-3H3/b15-10+. The number of ketones is 1. The first-order chi connectivity index (χ1) is 9.34. The number of Topliss-reactive ketones (excluding diaryl/α,β-unsaturated/α-hetero) is 1. The van der Waals surface area contributed by atoms with Gasteiger partial charge in [-0.1, -0.05) is 64.8 Å². The summed E-state index contributed by atoms with van der Waals surface area (Å²) in [7, 11) is 0. The number of carbonyl (C=O) groups excluding carboxylic acids is 1. The van der Waals surface area contributed by atoms with E-state index in [4.69, 9.17) is 0 Å². The molecule has 2 rings (SSSR count). The van der Waals surface area contributed by atoms with Crippen LogP contribution in [0, 0.1) is 11.8 Å². The molecule has 0 saturated heterocycles. The van der Waals surface area contributed by atoms with Crippen LogP contribution in [0.1, 0.15) is 39.2 Å². The number of rotatable bonds is 2. The van der Waals surface area contributed by atoms with Crippen LogP contribution in [-0.4, -0.2) is 10.1 Å². The van der Waals surface area contributed by atoms with E-state index in [-0.39, 0.29) is 10.1 Å². The summed E-state index contributed by atoms with van der Waals surface area (Å²) in [6.45, 7) is 6.37. The summed E-state index contributed by atoms with van der Waals surface area (Å²) in [5.41, 5.74) is 2.04. The largest absolute Gasteiger partial charge is 0.293 e. The summed E-state index contributed by atoms with van der Waals surface area (Å²) in [4.78, 5) is 12.8. The third-order valence-electron chi connectivity index (χ3n) is 4.22. The van der Waals surface area contributed by atoms with Crippen molar-refractivity contribution in [3.63, 3.8) is 0 Å². The third kappa shape index (κ3) is 3.09. The predicted octanol–water partition coefficient (Wildman–Crippen LogP) is 5.62. The number of carbonyl (C=O) groups is 1. The summed E-state index contributed by atoms with van der Waals surface area (Å²) in [6, 6.07) is 8.09. The van der Waals surface area contributed by atoms with Gasteiger partial charge in [-0.05, 0) is 48.4 Å². The van der Waals surface area contributed by atoms with Crippen LogP contribution >= 0.6 is 31.9 Å². The van der Waals surface area contributed by atoms with Gasteiger partial charge in [0.1, 0.15) is 0 Å². The molecule has 1 aromatic rings. The molecule has 0 bridgehead atoms. The molecule has 1 aromatic carbocycles. The summed E-state index contributed by atoms with van der Waals surface area (Å²) >= 11 is 7.16. The molecule has 2 unspecified atom stereocenters. The van der Waals surface area contributed by atoms with Crippen LogP contribution in [0.3, 0.4) is 0 Å². The van der Waals surface area contributed by atoms with Crippen molar-refractivity contribution in [2.75, 3.05) is 0 Å². The molecule has 0 aliphatic heterocycles. The van der Waals surface area contributed by atoms with Gasteiger partial charge in [0.05, 0.1) is 4.32 Å². The van der Waals surface area contributed by atoms with Crippen LogP contribution in [0.25, 0.3) is 6.08 Å². The first-order valence-corrected chi connectivity index (χ1v) is 8.64. The Morgan fingerprint density at radius 2 is 1.90 bits per heavy atom. The summed E-state index contributed by atoms with van der Waals surface area (Å²) in [6.07, 6.45) is 4.02. The lowest BCUT2D eigenvalue weighted by atomic mass is 9.73. The van der Waals surface area contributed by atoms with Gasteiger partial charge in [-0.2, -0.15) is 0 Å². The van der Waals surface area contributed by atoms with Crippen molar-refractivity contribution in [3.05, 3.63) is 39.9 Å². The molecule has 1 nitrogen and oxygen atoms in total. The number of hydrogen-bond acceptors (Lipinski definition) is 1. The molecule has 1 aliphatic carbocycles. The maximum Gasteiger partial charge on any atom is 0.176 e. The van der Waals surface area contributed by atoms with Crippen LogP contribution in [-0.2, 0) is 4.79 Å². The molecule has 0 N–H and O–H groups in total. The predicted molar refractivity (Wildman–Crippen MR) is 92.0 cm³/mol. The molecular formula is C17H20Br2O. The highest BCUT2D eigenvalue weighted by atomic mass is 79.9. The fourth-order valence-electron chi connectivity index (χ4n) is 2.66. The first kappa shape index (κ1) is 16.0. The first-order valence-electron chi connectivity index (χ1n) is 7.05. The van der Waals surface area contributed by atoms with E-state index in [0.29, 0.717) is 11.8 Å². The zero-order valence-electron chi connectivity index (χ0n) is 12.1. The number of halogens is 2. The van der Waals surface area contributed by atoms with Gasteiger partial charge >= 0.3 is 0 Å². The normalized spacial score (nSPS) is 29.2. The molecule has 0 radical (unpaired) electrons. The zero-order chi connectivity index (χ0) is 14.9. The topological polar surface area (TPSA) is 17.1 Å². The highest BCUT2D eigenvalue weighted by Gasteiger charge is 2.44. The summed E-state index contributed by atoms with van der Waals surface area (Å²) in [5.74, 6) is 0.889. The minimum absolute atomic E-state index is 0.258. The highest BCUT2D eigenvalue weighted by molar-refractivity contribution is 9.10. The van der Waals surface area contributed by atoms with Gasteiger partial charge in [0.15, 0.2) is 5.78 Å². The molecule has 0 aromatic heterocycles. The van der Waals surface area contributed by atoms with E-state index < -0.39 is 0 Å². The van der Waals surface area contributed by atoms with Crippen LogP contribution in [0.5, 0.6) is 0 Å². The molecule has 1 aliphatic rings. The van der Waals surface area contributed by atoms with E-state index in [0.717, 1.165) is 28.5 Å². The van der Waals surface area contributed by atoms with Gasteiger partial charge in [0.2, 0.25) is 0 Å². The molecule has 108 valence electrons. The Balaban J connectivity index is 2.37. The molecule has 0 heterocycles. The fraction of sp³-hybridized carbons (Fsp3) is 0.471. The van der Waals surface area contributed by atoms with Gasteiger partial charge < -0.3 is 0 Å². The minimum atomic E-state index is -0.388. The minimum Gasteiger partial charge on any atom is -0.293 e. The lowest BCUT2D eigenvalue weighted by Gasteiger charge is -2.38. The van der Waals surface area contributed by atoms with Crippen LogP contribution in [0.4, 0.5) is 0 Å². The molecular weight excluding hydrogens is 380 g/mol. The SMILES string of the molecule is CC1CCC(Br)(C(C)C)C(=O)/C1=C/c1ccc(Br)cc1. The van der Waals surface area contributed by atoms with Crippen molar-refractivity contribution in [2.24, 2.45) is 11.8 Å². The van der Waals surface area contributed by atoms with E-state index >= 15 is 0 Å². The second-order valence-electron chi connectivity index (χ2n) is 5.94. The molecule has 2 atom stereocenters. The second kappa shape index (κ2) is 6.15. The second-order valence-corrected chi connectivity index (χ2v) is 8.27. The molecule has 1 fully saturated rings. The quantitative estimate of drug-likeness (QED) is 0.465. The Morgan fingerprint density at radius 3 is 2.45 bits per heavy atom. The number of alkyl halides is 1. The lowest BCUT2D eigenvalue weighted by Crippen LogP contribution is -2.43. The van der Waals surface area contributed by atoms with E-state index in [1.165, 1.54) is 0 Å². The van der Waals surface area contributed by atoms with E-state index in [9.17, 15) is 4.79 Å². The van der Waals surface area contributed by atoms with E-state index in [1.807, 2.05) is 24.3 Å². The maximum absolute atomic E-state index is 12.8. The third-order valence-corrected chi connectivity index (χ3v) is 6.42. The van der Waals surface area contributed by atoms with E-state index in [2.05, 4.69) is 58.7 Å². The Bertz CT molecular complexity index is 530. The molecule has 0 amide bonds. The van der Waals surface area contributed by atoms with Crippen molar-refractivity contribution < 1.29 is 4.79 Å². The van der Waals surface area contributed by atoms with Crippen LogP contribution < -0.4 is 0 Å². The Hall–Kier alpha value is -0.410. The number of benzene rings is 1. The van der Waals surface area contributed by atoms with Crippen LogP contribution in [0.2, 0.25) is 0 Å². The van der Waals surface area contributed by atoms with Crippen molar-refractivity contribution in [1.82, 2.24) is 0 Å². The van der Waals surface area contributed by atoms with Crippen LogP contribution in [0.15, 0.2) is 34.3 Å². The fourth-order valence-corrected chi connectivity index (χ4v) is 3.38. The van der Waals surface area contributed by atoms with Crippen molar-refractivity contribution >= 4 is 43.7 Å².